The first-order valence-corrected chi connectivity index (χ1v) is 6.44. The van der Waals surface area contributed by atoms with Crippen molar-refractivity contribution in [2.75, 3.05) is 0 Å². The lowest BCUT2D eigenvalue weighted by atomic mass is 10.1. The SMILES string of the molecule is Cc1nsc(Sc2ccc(CO)cc2C#N)n1. The van der Waals surface area contributed by atoms with Crippen molar-refractivity contribution in [1.82, 2.24) is 9.36 Å². The molecule has 86 valence electrons. The molecule has 0 fully saturated rings. The normalized spacial score (nSPS) is 10.2. The minimum atomic E-state index is -0.0580. The van der Waals surface area contributed by atoms with E-state index >= 15 is 0 Å². The quantitative estimate of drug-likeness (QED) is 0.920. The van der Waals surface area contributed by atoms with E-state index in [1.807, 2.05) is 13.0 Å². The maximum Gasteiger partial charge on any atom is 0.174 e. The highest BCUT2D eigenvalue weighted by Crippen LogP contribution is 2.31. The Hall–Kier alpha value is -1.42. The van der Waals surface area contributed by atoms with Gasteiger partial charge in [-0.1, -0.05) is 17.8 Å². The minimum absolute atomic E-state index is 0.0580. The van der Waals surface area contributed by atoms with Gasteiger partial charge in [0.1, 0.15) is 11.9 Å². The number of aliphatic hydroxyl groups excluding tert-OH is 1. The molecule has 17 heavy (non-hydrogen) atoms. The van der Waals surface area contributed by atoms with Crippen LogP contribution in [-0.4, -0.2) is 14.5 Å². The van der Waals surface area contributed by atoms with Crippen LogP contribution in [0.2, 0.25) is 0 Å². The van der Waals surface area contributed by atoms with Crippen molar-refractivity contribution in [2.24, 2.45) is 0 Å². The molecule has 0 spiro atoms. The van der Waals surface area contributed by atoms with Crippen LogP contribution in [0.1, 0.15) is 17.0 Å². The molecule has 4 nitrogen and oxygen atoms in total. The smallest absolute Gasteiger partial charge is 0.174 e. The summed E-state index contributed by atoms with van der Waals surface area (Å²) in [5.41, 5.74) is 1.29. The summed E-state index contributed by atoms with van der Waals surface area (Å²) in [5, 5.41) is 18.0. The van der Waals surface area contributed by atoms with Gasteiger partial charge in [0.05, 0.1) is 12.2 Å². The summed E-state index contributed by atoms with van der Waals surface area (Å²) in [5.74, 6) is 0.739. The molecule has 1 N–H and O–H groups in total. The van der Waals surface area contributed by atoms with Gasteiger partial charge in [0, 0.05) is 4.90 Å². The summed E-state index contributed by atoms with van der Waals surface area (Å²) in [7, 11) is 0. The molecule has 0 aliphatic carbocycles. The molecule has 1 heterocycles. The van der Waals surface area contributed by atoms with Gasteiger partial charge in [0.2, 0.25) is 0 Å². The molecule has 0 saturated carbocycles. The predicted molar refractivity (Wildman–Crippen MR) is 65.8 cm³/mol. The van der Waals surface area contributed by atoms with Gasteiger partial charge in [0.25, 0.3) is 0 Å². The summed E-state index contributed by atoms with van der Waals surface area (Å²) in [6.45, 7) is 1.78. The molecule has 0 unspecified atom stereocenters. The number of nitrogens with zero attached hydrogens (tertiary/aromatic N) is 3. The van der Waals surface area contributed by atoms with Crippen LogP contribution in [-0.2, 0) is 6.61 Å². The molecule has 0 atom stereocenters. The first kappa shape index (κ1) is 12.0. The monoisotopic (exact) mass is 263 g/mol. The van der Waals surface area contributed by atoms with E-state index in [2.05, 4.69) is 15.4 Å². The standard InChI is InChI=1S/C11H9N3OS2/c1-7-13-11(17-14-7)16-10-3-2-8(6-15)4-9(10)5-12/h2-4,15H,6H2,1H3. The van der Waals surface area contributed by atoms with Crippen LogP contribution in [0.15, 0.2) is 27.4 Å². The summed E-state index contributed by atoms with van der Waals surface area (Å²) in [6, 6.07) is 7.44. The van der Waals surface area contributed by atoms with E-state index in [0.717, 1.165) is 20.6 Å². The summed E-state index contributed by atoms with van der Waals surface area (Å²) < 4.78 is 4.90. The molecule has 6 heteroatoms. The van der Waals surface area contributed by atoms with Crippen LogP contribution in [0.4, 0.5) is 0 Å². The fourth-order valence-corrected chi connectivity index (χ4v) is 2.94. The molecule has 0 aliphatic rings. The third-order valence-corrected chi connectivity index (χ3v) is 3.97. The van der Waals surface area contributed by atoms with Gasteiger partial charge in [0.15, 0.2) is 4.34 Å². The second-order valence-electron chi connectivity index (χ2n) is 3.31. The Morgan fingerprint density at radius 2 is 2.35 bits per heavy atom. The first-order chi connectivity index (χ1) is 8.22. The van der Waals surface area contributed by atoms with E-state index < -0.39 is 0 Å². The average Bonchev–Trinajstić information content (AvgIpc) is 2.75. The Morgan fingerprint density at radius 1 is 1.53 bits per heavy atom. The van der Waals surface area contributed by atoms with Crippen LogP contribution in [0, 0.1) is 18.3 Å². The Balaban J connectivity index is 2.30. The Morgan fingerprint density at radius 3 is 2.94 bits per heavy atom. The molecule has 0 saturated heterocycles. The van der Waals surface area contributed by atoms with Crippen LogP contribution >= 0.6 is 23.3 Å². The van der Waals surface area contributed by atoms with E-state index in [1.54, 1.807) is 12.1 Å². The number of nitriles is 1. The van der Waals surface area contributed by atoms with Crippen molar-refractivity contribution in [3.05, 3.63) is 35.2 Å². The molecule has 0 amide bonds. The zero-order valence-corrected chi connectivity index (χ0v) is 10.7. The Labute approximate surface area is 107 Å². The highest BCUT2D eigenvalue weighted by atomic mass is 32.2. The lowest BCUT2D eigenvalue weighted by Gasteiger charge is -2.02. The minimum Gasteiger partial charge on any atom is -0.392 e. The molecule has 0 aliphatic heterocycles. The number of hydrogen-bond acceptors (Lipinski definition) is 6. The molecule has 2 aromatic rings. The lowest BCUT2D eigenvalue weighted by molar-refractivity contribution is 0.281. The first-order valence-electron chi connectivity index (χ1n) is 4.85. The maximum atomic E-state index is 9.04. The lowest BCUT2D eigenvalue weighted by Crippen LogP contribution is -1.87. The molecular weight excluding hydrogens is 254 g/mol. The van der Waals surface area contributed by atoms with E-state index in [-0.39, 0.29) is 6.61 Å². The predicted octanol–water partition coefficient (Wildman–Crippen LogP) is 2.36. The zero-order valence-electron chi connectivity index (χ0n) is 9.04. The zero-order chi connectivity index (χ0) is 12.3. The number of aromatic nitrogens is 2. The summed E-state index contributed by atoms with van der Waals surface area (Å²) in [6.07, 6.45) is 0. The van der Waals surface area contributed by atoms with Crippen LogP contribution in [0.3, 0.4) is 0 Å². The van der Waals surface area contributed by atoms with Crippen LogP contribution in [0.25, 0.3) is 0 Å². The fraction of sp³-hybridized carbons (Fsp3) is 0.182. The summed E-state index contributed by atoms with van der Waals surface area (Å²) >= 11 is 2.74. The second kappa shape index (κ2) is 5.27. The topological polar surface area (TPSA) is 69.8 Å². The number of aliphatic hydroxyl groups is 1. The fourth-order valence-electron chi connectivity index (χ4n) is 1.27. The van der Waals surface area contributed by atoms with Gasteiger partial charge in [-0.2, -0.15) is 9.64 Å². The largest absolute Gasteiger partial charge is 0.392 e. The molecule has 1 aromatic carbocycles. The average molecular weight is 263 g/mol. The van der Waals surface area contributed by atoms with Gasteiger partial charge in [-0.15, -0.1) is 0 Å². The van der Waals surface area contributed by atoms with Gasteiger partial charge in [-0.3, -0.25) is 0 Å². The molecule has 0 radical (unpaired) electrons. The van der Waals surface area contributed by atoms with Gasteiger partial charge >= 0.3 is 0 Å². The van der Waals surface area contributed by atoms with Crippen molar-refractivity contribution in [1.29, 1.82) is 5.26 Å². The number of benzene rings is 1. The van der Waals surface area contributed by atoms with Gasteiger partial charge < -0.3 is 5.11 Å². The van der Waals surface area contributed by atoms with Crippen molar-refractivity contribution in [2.45, 2.75) is 22.8 Å². The Bertz CT molecular complexity index is 574. The van der Waals surface area contributed by atoms with E-state index in [4.69, 9.17) is 10.4 Å². The second-order valence-corrected chi connectivity index (χ2v) is 5.35. The van der Waals surface area contributed by atoms with E-state index in [0.29, 0.717) is 5.56 Å². The molecule has 0 bridgehead atoms. The summed E-state index contributed by atoms with van der Waals surface area (Å²) in [4.78, 5) is 5.07. The molecular formula is C11H9N3OS2. The highest BCUT2D eigenvalue weighted by Gasteiger charge is 2.08. The highest BCUT2D eigenvalue weighted by molar-refractivity contribution is 8.01. The third-order valence-electron chi connectivity index (χ3n) is 2.05. The van der Waals surface area contributed by atoms with Crippen molar-refractivity contribution >= 4 is 23.3 Å². The van der Waals surface area contributed by atoms with Crippen LogP contribution < -0.4 is 0 Å². The maximum absolute atomic E-state index is 9.04. The molecule has 2 rings (SSSR count). The van der Waals surface area contributed by atoms with Gasteiger partial charge in [-0.25, -0.2) is 4.98 Å². The van der Waals surface area contributed by atoms with Crippen molar-refractivity contribution < 1.29 is 5.11 Å². The van der Waals surface area contributed by atoms with E-state index in [1.165, 1.54) is 23.3 Å². The van der Waals surface area contributed by atoms with Crippen LogP contribution in [0.5, 0.6) is 0 Å². The third kappa shape index (κ3) is 2.82. The number of rotatable bonds is 3. The van der Waals surface area contributed by atoms with Crippen molar-refractivity contribution in [3.63, 3.8) is 0 Å². The van der Waals surface area contributed by atoms with Crippen molar-refractivity contribution in [3.8, 4) is 6.07 Å². The molecule has 1 aromatic heterocycles. The number of aryl methyl sites for hydroxylation is 1. The number of hydrogen-bond donors (Lipinski definition) is 1. The Kier molecular flexibility index (Phi) is 3.74. The van der Waals surface area contributed by atoms with E-state index in [9.17, 15) is 0 Å². The van der Waals surface area contributed by atoms with Gasteiger partial charge in [-0.05, 0) is 36.2 Å².